The topological polar surface area (TPSA) is 92.2 Å². The molecule has 0 unspecified atom stereocenters. The van der Waals surface area contributed by atoms with Crippen molar-refractivity contribution in [2.75, 3.05) is 0 Å². The third-order valence-electron chi connectivity index (χ3n) is 0. The maximum absolute atomic E-state index is 9.53. The van der Waals surface area contributed by atoms with E-state index in [4.69, 9.17) is 0 Å². The van der Waals surface area contributed by atoms with E-state index in [1.807, 2.05) is 0 Å². The van der Waals surface area contributed by atoms with Crippen LogP contribution in [0.15, 0.2) is 0 Å². The van der Waals surface area contributed by atoms with Gasteiger partial charge >= 0.3 is 46.1 Å². The molecule has 0 heterocycles. The Balaban J connectivity index is -0.0000000257. The number of hydrogen-bond acceptors (Lipinski definition) is 4. The third-order valence-corrected chi connectivity index (χ3v) is 0. The van der Waals surface area contributed by atoms with E-state index in [0.717, 1.165) is 0 Å². The van der Waals surface area contributed by atoms with Crippen LogP contribution in [0, 0.1) is 0 Å². The first-order valence-electron chi connectivity index (χ1n) is 5.56. The third kappa shape index (κ3) is 2470. The van der Waals surface area contributed by atoms with Crippen molar-refractivity contribution in [3.8, 4) is 0 Å². The van der Waals surface area contributed by atoms with E-state index < -0.39 is 24.4 Å². The van der Waals surface area contributed by atoms with Crippen molar-refractivity contribution in [1.82, 2.24) is 0 Å². The fourth-order valence-corrected chi connectivity index (χ4v) is 0. The van der Waals surface area contributed by atoms with Crippen molar-refractivity contribution in [3.05, 3.63) is 0 Å². The second kappa shape index (κ2) is 31.0. The zero-order chi connectivity index (χ0) is 14.3. The normalized spacial score (nSPS) is 8.00. The van der Waals surface area contributed by atoms with Crippen molar-refractivity contribution in [3.63, 3.8) is 0 Å². The van der Waals surface area contributed by atoms with Crippen molar-refractivity contribution < 1.29 is 20.4 Å². The van der Waals surface area contributed by atoms with E-state index >= 15 is 0 Å². The Morgan fingerprint density at radius 2 is 0.389 bits per heavy atom. The molecule has 6 heteroatoms. The molecule has 0 bridgehead atoms. The summed E-state index contributed by atoms with van der Waals surface area (Å²) in [6.45, 7) is 12.9. The van der Waals surface area contributed by atoms with E-state index in [1.165, 1.54) is 0 Å². The Hall–Kier alpha value is 1.37. The maximum Gasteiger partial charge on any atom is 2.00 e. The number of rotatable bonds is 0. The Morgan fingerprint density at radius 3 is 0.389 bits per heavy atom. The van der Waals surface area contributed by atoms with Crippen molar-refractivity contribution in [1.29, 1.82) is 0 Å². The Morgan fingerprint density at radius 1 is 0.389 bits per heavy atom. The zero-order valence-corrected chi connectivity index (χ0v) is 16.2. The van der Waals surface area contributed by atoms with Crippen LogP contribution in [-0.2, 0) is 0 Å². The van der Waals surface area contributed by atoms with Gasteiger partial charge in [-0.25, -0.2) is 0 Å². The van der Waals surface area contributed by atoms with Crippen LogP contribution in [-0.4, -0.2) is 70.5 Å². The molecular formula is C12H28Mg2O4. The molecule has 0 aliphatic rings. The Labute approximate surface area is 145 Å². The molecule has 0 spiro atoms. The molecule has 18 heavy (non-hydrogen) atoms. The summed E-state index contributed by atoms with van der Waals surface area (Å²) >= 11 is 0. The molecular weight excluding hydrogens is 257 g/mol. The zero-order valence-electron chi connectivity index (χ0n) is 13.4. The minimum absolute atomic E-state index is 0. The summed E-state index contributed by atoms with van der Waals surface area (Å²) in [6.07, 6.45) is -1.67. The molecule has 0 amide bonds. The predicted molar refractivity (Wildman–Crippen MR) is 72.1 cm³/mol. The van der Waals surface area contributed by atoms with Crippen molar-refractivity contribution in [2.24, 2.45) is 0 Å². The first kappa shape index (κ1) is 36.6. The molecule has 0 aliphatic carbocycles. The summed E-state index contributed by atoms with van der Waals surface area (Å²) in [5.41, 5.74) is 0. The van der Waals surface area contributed by atoms with Gasteiger partial charge in [0.05, 0.1) is 0 Å². The van der Waals surface area contributed by atoms with E-state index in [0.29, 0.717) is 0 Å². The van der Waals surface area contributed by atoms with Crippen LogP contribution in [0.3, 0.4) is 0 Å². The molecule has 0 radical (unpaired) electrons. The van der Waals surface area contributed by atoms with Crippen LogP contribution >= 0.6 is 0 Å². The second-order valence-corrected chi connectivity index (χ2v) is 4.20. The summed E-state index contributed by atoms with van der Waals surface area (Å²) in [5, 5.41) is 38.1. The van der Waals surface area contributed by atoms with Gasteiger partial charge in [0.2, 0.25) is 0 Å². The fourth-order valence-electron chi connectivity index (χ4n) is 0. The molecule has 0 atom stereocenters. The van der Waals surface area contributed by atoms with Crippen LogP contribution < -0.4 is 20.4 Å². The van der Waals surface area contributed by atoms with Crippen LogP contribution in [0.25, 0.3) is 0 Å². The molecule has 0 aromatic heterocycles. The van der Waals surface area contributed by atoms with Gasteiger partial charge < -0.3 is 20.4 Å². The number of hydrogen-bond donors (Lipinski definition) is 0. The monoisotopic (exact) mass is 284 g/mol. The Kier molecular flexibility index (Phi) is 63.0. The van der Waals surface area contributed by atoms with E-state index in [1.54, 1.807) is 55.4 Å². The van der Waals surface area contributed by atoms with Gasteiger partial charge in [0.25, 0.3) is 0 Å². The molecule has 0 saturated heterocycles. The first-order chi connectivity index (χ1) is 6.93. The van der Waals surface area contributed by atoms with Crippen LogP contribution in [0.2, 0.25) is 0 Å². The van der Waals surface area contributed by atoms with Gasteiger partial charge in [-0.2, -0.15) is 0 Å². The van der Waals surface area contributed by atoms with Gasteiger partial charge in [0.1, 0.15) is 0 Å². The van der Waals surface area contributed by atoms with E-state index in [9.17, 15) is 20.4 Å². The summed E-state index contributed by atoms with van der Waals surface area (Å²) in [6, 6.07) is 0. The maximum atomic E-state index is 9.53. The molecule has 104 valence electrons. The van der Waals surface area contributed by atoms with Crippen molar-refractivity contribution in [2.45, 2.75) is 79.8 Å². The predicted octanol–water partition coefficient (Wildman–Crippen LogP) is -1.74. The molecule has 0 N–H and O–H groups in total. The average Bonchev–Trinajstić information content (AvgIpc) is 1.76. The SMILES string of the molecule is CC(C)[O-].CC(C)[O-].CC(C)[O-].CC(C)[O-].[Mg+2].[Mg+2]. The summed E-state index contributed by atoms with van der Waals surface area (Å²) in [4.78, 5) is 0. The quantitative estimate of drug-likeness (QED) is 0.494. The first-order valence-corrected chi connectivity index (χ1v) is 5.56. The second-order valence-electron chi connectivity index (χ2n) is 4.20. The standard InChI is InChI=1S/4C3H7O.2Mg/c4*1-3(2)4;;/h4*3H,1-2H3;;/q4*-1;2*+2. The molecule has 4 nitrogen and oxygen atoms in total. The molecule has 0 fully saturated rings. The largest absolute Gasteiger partial charge is 2.00 e. The minimum atomic E-state index is -0.417. The molecule has 0 aromatic rings. The molecule has 0 aliphatic heterocycles. The van der Waals surface area contributed by atoms with Gasteiger partial charge in [-0.15, -0.1) is 24.4 Å². The van der Waals surface area contributed by atoms with Crippen LogP contribution in [0.4, 0.5) is 0 Å². The fraction of sp³-hybridized carbons (Fsp3) is 1.00. The summed E-state index contributed by atoms with van der Waals surface area (Å²) in [5.74, 6) is 0. The van der Waals surface area contributed by atoms with Gasteiger partial charge in [-0.3, -0.25) is 0 Å². The molecule has 0 rings (SSSR count). The summed E-state index contributed by atoms with van der Waals surface area (Å²) < 4.78 is 0. The van der Waals surface area contributed by atoms with Gasteiger partial charge in [-0.1, -0.05) is 55.4 Å². The Bertz CT molecular complexity index is 65.1. The summed E-state index contributed by atoms with van der Waals surface area (Å²) in [7, 11) is 0. The van der Waals surface area contributed by atoms with Crippen LogP contribution in [0.1, 0.15) is 55.4 Å². The molecule has 0 saturated carbocycles. The van der Waals surface area contributed by atoms with Crippen LogP contribution in [0.5, 0.6) is 0 Å². The smallest absolute Gasteiger partial charge is 0.852 e. The van der Waals surface area contributed by atoms with Crippen molar-refractivity contribution >= 4 is 46.1 Å². The molecule has 0 aromatic carbocycles. The van der Waals surface area contributed by atoms with E-state index in [2.05, 4.69) is 0 Å². The van der Waals surface area contributed by atoms with Gasteiger partial charge in [0.15, 0.2) is 0 Å². The average molecular weight is 285 g/mol. The van der Waals surface area contributed by atoms with Gasteiger partial charge in [-0.05, 0) is 0 Å². The van der Waals surface area contributed by atoms with Gasteiger partial charge in [0, 0.05) is 0 Å². The van der Waals surface area contributed by atoms with E-state index in [-0.39, 0.29) is 46.1 Å². The minimum Gasteiger partial charge on any atom is -0.852 e.